The molecule has 0 aromatic rings. The van der Waals surface area contributed by atoms with Crippen LogP contribution in [0.5, 0.6) is 0 Å². The lowest BCUT2D eigenvalue weighted by atomic mass is 9.83. The van der Waals surface area contributed by atoms with Crippen molar-refractivity contribution in [2.75, 3.05) is 0 Å². The maximum absolute atomic E-state index is 2.46. The molecule has 2 aliphatic carbocycles. The maximum Gasteiger partial charge on any atom is -0.0254 e. The van der Waals surface area contributed by atoms with Gasteiger partial charge in [0.25, 0.3) is 0 Å². The Hall–Kier alpha value is -0.260. The molecule has 2 aliphatic rings. The first-order chi connectivity index (χ1) is 5.73. The Kier molecular flexibility index (Phi) is 2.02. The summed E-state index contributed by atoms with van der Waals surface area (Å²) < 4.78 is 0. The van der Waals surface area contributed by atoms with Gasteiger partial charge in [-0.3, -0.25) is 0 Å². The van der Waals surface area contributed by atoms with Crippen LogP contribution in [-0.4, -0.2) is 0 Å². The minimum absolute atomic E-state index is 0.648. The van der Waals surface area contributed by atoms with Crippen LogP contribution in [0.25, 0.3) is 0 Å². The second-order valence-corrected chi connectivity index (χ2v) is 4.93. The van der Waals surface area contributed by atoms with Gasteiger partial charge in [0.05, 0.1) is 0 Å². The van der Waals surface area contributed by atoms with E-state index in [0.29, 0.717) is 5.41 Å². The van der Waals surface area contributed by atoms with Crippen molar-refractivity contribution in [3.63, 3.8) is 0 Å². The first-order valence-electron chi connectivity index (χ1n) is 5.43. The summed E-state index contributed by atoms with van der Waals surface area (Å²) in [5, 5.41) is 0. The molecule has 0 saturated heterocycles. The van der Waals surface area contributed by atoms with E-state index in [1.807, 2.05) is 11.1 Å². The van der Waals surface area contributed by atoms with Gasteiger partial charge < -0.3 is 0 Å². The maximum atomic E-state index is 2.46. The quantitative estimate of drug-likeness (QED) is 0.512. The molecule has 0 aliphatic heterocycles. The summed E-state index contributed by atoms with van der Waals surface area (Å²) in [4.78, 5) is 0. The molecule has 0 nitrogen and oxygen atoms in total. The van der Waals surface area contributed by atoms with Gasteiger partial charge in [-0.2, -0.15) is 0 Å². The van der Waals surface area contributed by atoms with Crippen molar-refractivity contribution in [3.8, 4) is 0 Å². The van der Waals surface area contributed by atoms with Gasteiger partial charge >= 0.3 is 0 Å². The summed E-state index contributed by atoms with van der Waals surface area (Å²) in [5.74, 6) is 0. The van der Waals surface area contributed by atoms with Crippen LogP contribution in [0, 0.1) is 5.41 Å². The van der Waals surface area contributed by atoms with Crippen molar-refractivity contribution in [2.24, 2.45) is 5.41 Å². The molecule has 0 aromatic carbocycles. The third-order valence-corrected chi connectivity index (χ3v) is 3.84. The van der Waals surface area contributed by atoms with E-state index in [1.165, 1.54) is 44.9 Å². The summed E-state index contributed by atoms with van der Waals surface area (Å²) >= 11 is 0. The highest BCUT2D eigenvalue weighted by molar-refractivity contribution is 5.25. The van der Waals surface area contributed by atoms with Crippen molar-refractivity contribution in [3.05, 3.63) is 11.1 Å². The lowest BCUT2D eigenvalue weighted by Gasteiger charge is -2.21. The van der Waals surface area contributed by atoms with Gasteiger partial charge in [0.2, 0.25) is 0 Å². The molecule has 12 heavy (non-hydrogen) atoms. The monoisotopic (exact) mass is 164 g/mol. The molecule has 0 heteroatoms. The zero-order valence-electron chi connectivity index (χ0n) is 8.45. The van der Waals surface area contributed by atoms with Crippen LogP contribution in [-0.2, 0) is 0 Å². The van der Waals surface area contributed by atoms with Crippen molar-refractivity contribution < 1.29 is 0 Å². The molecule has 0 radical (unpaired) electrons. The van der Waals surface area contributed by atoms with Crippen molar-refractivity contribution in [1.82, 2.24) is 0 Å². The molecule has 0 amide bonds. The zero-order valence-corrected chi connectivity index (χ0v) is 8.45. The van der Waals surface area contributed by atoms with E-state index in [-0.39, 0.29) is 0 Å². The van der Waals surface area contributed by atoms with Gasteiger partial charge in [-0.15, -0.1) is 0 Å². The van der Waals surface area contributed by atoms with Crippen LogP contribution in [0.4, 0.5) is 0 Å². The molecule has 0 spiro atoms. The Balaban J connectivity index is 2.11. The summed E-state index contributed by atoms with van der Waals surface area (Å²) in [6, 6.07) is 0. The molecule has 0 unspecified atom stereocenters. The van der Waals surface area contributed by atoms with Crippen LogP contribution >= 0.6 is 0 Å². The average molecular weight is 164 g/mol. The highest BCUT2D eigenvalue weighted by Gasteiger charge is 2.33. The molecule has 0 bridgehead atoms. The first kappa shape index (κ1) is 8.34. The first-order valence-corrected chi connectivity index (χ1v) is 5.43. The lowest BCUT2D eigenvalue weighted by Crippen LogP contribution is -2.09. The van der Waals surface area contributed by atoms with Crippen LogP contribution in [0.1, 0.15) is 58.8 Å². The van der Waals surface area contributed by atoms with Crippen LogP contribution in [0.3, 0.4) is 0 Å². The number of hydrogen-bond acceptors (Lipinski definition) is 0. The Morgan fingerprint density at radius 1 is 1.08 bits per heavy atom. The van der Waals surface area contributed by atoms with Crippen molar-refractivity contribution in [1.29, 1.82) is 0 Å². The second kappa shape index (κ2) is 2.90. The fourth-order valence-corrected chi connectivity index (χ4v) is 2.80. The van der Waals surface area contributed by atoms with Crippen LogP contribution < -0.4 is 0 Å². The normalized spacial score (nSPS) is 27.5. The topological polar surface area (TPSA) is 0 Å². The van der Waals surface area contributed by atoms with Gasteiger partial charge in [0, 0.05) is 0 Å². The van der Waals surface area contributed by atoms with Crippen molar-refractivity contribution in [2.45, 2.75) is 58.8 Å². The van der Waals surface area contributed by atoms with Crippen LogP contribution in [0.2, 0.25) is 0 Å². The Morgan fingerprint density at radius 2 is 1.58 bits per heavy atom. The van der Waals surface area contributed by atoms with Gasteiger partial charge in [0.1, 0.15) is 0 Å². The molecule has 0 saturated carbocycles. The molecule has 68 valence electrons. The van der Waals surface area contributed by atoms with E-state index in [4.69, 9.17) is 0 Å². The molecular formula is C12H20. The molecular weight excluding hydrogens is 144 g/mol. The molecule has 0 fully saturated rings. The standard InChI is InChI=1S/C12H20/c1-3-12(2)8-10-6-4-5-7-11(10)9-12/h3-9H2,1-2H3. The van der Waals surface area contributed by atoms with E-state index in [9.17, 15) is 0 Å². The third-order valence-electron chi connectivity index (χ3n) is 3.84. The highest BCUT2D eigenvalue weighted by atomic mass is 14.4. The molecule has 0 aromatic heterocycles. The molecule has 0 heterocycles. The third kappa shape index (κ3) is 1.32. The van der Waals surface area contributed by atoms with Gasteiger partial charge in [-0.1, -0.05) is 31.4 Å². The Labute approximate surface area is 76.1 Å². The number of hydrogen-bond donors (Lipinski definition) is 0. The predicted octanol–water partition coefficient (Wildman–Crippen LogP) is 4.07. The van der Waals surface area contributed by atoms with E-state index < -0.39 is 0 Å². The number of allylic oxidation sites excluding steroid dienone is 2. The molecule has 0 N–H and O–H groups in total. The van der Waals surface area contributed by atoms with Gasteiger partial charge in [-0.05, 0) is 43.9 Å². The van der Waals surface area contributed by atoms with Crippen molar-refractivity contribution >= 4 is 0 Å². The molecule has 0 atom stereocenters. The minimum Gasteiger partial charge on any atom is -0.0704 e. The van der Waals surface area contributed by atoms with E-state index >= 15 is 0 Å². The summed E-state index contributed by atoms with van der Waals surface area (Å²) in [7, 11) is 0. The predicted molar refractivity (Wildman–Crippen MR) is 53.1 cm³/mol. The summed E-state index contributed by atoms with van der Waals surface area (Å²) in [6.45, 7) is 4.81. The SMILES string of the molecule is CCC1(C)CC2=C(CCCC2)C1. The fraction of sp³-hybridized carbons (Fsp3) is 0.833. The molecule has 2 rings (SSSR count). The van der Waals surface area contributed by atoms with E-state index in [1.54, 1.807) is 0 Å². The zero-order chi connectivity index (χ0) is 8.60. The fourth-order valence-electron chi connectivity index (χ4n) is 2.80. The Bertz CT molecular complexity index is 192. The lowest BCUT2D eigenvalue weighted by molar-refractivity contribution is 0.328. The van der Waals surface area contributed by atoms with E-state index in [0.717, 1.165) is 0 Å². The largest absolute Gasteiger partial charge is 0.0704 e. The average Bonchev–Trinajstić information content (AvgIpc) is 2.42. The Morgan fingerprint density at radius 3 is 2.00 bits per heavy atom. The van der Waals surface area contributed by atoms with Gasteiger partial charge in [-0.25, -0.2) is 0 Å². The van der Waals surface area contributed by atoms with Crippen LogP contribution in [0.15, 0.2) is 11.1 Å². The minimum atomic E-state index is 0.648. The highest BCUT2D eigenvalue weighted by Crippen LogP contribution is 2.48. The summed E-state index contributed by atoms with van der Waals surface area (Å²) in [6.07, 6.45) is 9.95. The smallest absolute Gasteiger partial charge is 0.0254 e. The van der Waals surface area contributed by atoms with E-state index in [2.05, 4.69) is 13.8 Å². The van der Waals surface area contributed by atoms with Gasteiger partial charge in [0.15, 0.2) is 0 Å². The summed E-state index contributed by atoms with van der Waals surface area (Å²) in [5.41, 5.74) is 4.32. The second-order valence-electron chi connectivity index (χ2n) is 4.93. The number of rotatable bonds is 1.